The zero-order chi connectivity index (χ0) is 23.8. The van der Waals surface area contributed by atoms with Crippen LogP contribution in [0, 0.1) is 0 Å². The lowest BCUT2D eigenvalue weighted by Gasteiger charge is -2.33. The van der Waals surface area contributed by atoms with Gasteiger partial charge in [-0.1, -0.05) is 67.6 Å². The Labute approximate surface area is 197 Å². The van der Waals surface area contributed by atoms with Crippen LogP contribution in [0.3, 0.4) is 0 Å². The van der Waals surface area contributed by atoms with Crippen LogP contribution in [-0.2, 0) is 14.1 Å². The Morgan fingerprint density at radius 3 is 2.24 bits per heavy atom. The Kier molecular flexibility index (Phi) is 5.45. The molecule has 0 saturated carbocycles. The quantitative estimate of drug-likeness (QED) is 0.473. The van der Waals surface area contributed by atoms with Crippen molar-refractivity contribution in [2.24, 2.45) is 14.1 Å². The minimum atomic E-state index is -0.452. The number of benzene rings is 2. The first kappa shape index (κ1) is 21.6. The number of fused-ring (bicyclic) bond motifs is 2. The maximum Gasteiger partial charge on any atom is 0.332 e. The van der Waals surface area contributed by atoms with Gasteiger partial charge >= 0.3 is 5.69 Å². The summed E-state index contributed by atoms with van der Waals surface area (Å²) in [7, 11) is 3.07. The third kappa shape index (κ3) is 3.55. The SMILES string of the molecule is CCCN1C(c2ccccc2)=Cc2nc3c(nc2C1=Cc1ccccc1)c(=O)n(C)c(=O)n3C. The van der Waals surface area contributed by atoms with Gasteiger partial charge in [-0.2, -0.15) is 0 Å². The highest BCUT2D eigenvalue weighted by atomic mass is 16.2. The van der Waals surface area contributed by atoms with E-state index in [9.17, 15) is 9.59 Å². The van der Waals surface area contributed by atoms with Gasteiger partial charge in [0.05, 0.1) is 17.1 Å². The van der Waals surface area contributed by atoms with Crippen molar-refractivity contribution in [1.82, 2.24) is 24.0 Å². The maximum atomic E-state index is 12.9. The number of aromatic nitrogens is 4. The van der Waals surface area contributed by atoms with Gasteiger partial charge in [0.25, 0.3) is 5.56 Å². The third-order valence-electron chi connectivity index (χ3n) is 6.02. The van der Waals surface area contributed by atoms with Gasteiger partial charge in [0.15, 0.2) is 11.2 Å². The number of aryl methyl sites for hydroxylation is 1. The number of hydrogen-bond acceptors (Lipinski definition) is 5. The van der Waals surface area contributed by atoms with Crippen molar-refractivity contribution in [3.05, 3.63) is 104 Å². The Hall–Kier alpha value is -4.26. The summed E-state index contributed by atoms with van der Waals surface area (Å²) in [5, 5.41) is 0. The molecule has 1 aliphatic heterocycles. The predicted octanol–water partition coefficient (Wildman–Crippen LogP) is 3.75. The summed E-state index contributed by atoms with van der Waals surface area (Å²) in [6.07, 6.45) is 5.00. The van der Waals surface area contributed by atoms with Crippen molar-refractivity contribution >= 4 is 34.7 Å². The standard InChI is InChI=1S/C27H25N5O2/c1-4-15-32-21(19-13-9-6-10-14-19)17-20-23(22(32)16-18-11-7-5-8-12-18)29-24-25(28-20)30(2)27(34)31(3)26(24)33/h5-14,16-17H,4,15H2,1-3H3. The first-order chi connectivity index (χ1) is 16.5. The van der Waals surface area contributed by atoms with Crippen molar-refractivity contribution < 1.29 is 0 Å². The largest absolute Gasteiger partial charge is 0.339 e. The summed E-state index contributed by atoms with van der Waals surface area (Å²) in [6, 6.07) is 20.2. The van der Waals surface area contributed by atoms with Crippen molar-refractivity contribution in [1.29, 1.82) is 0 Å². The van der Waals surface area contributed by atoms with Crippen LogP contribution in [0.15, 0.2) is 70.3 Å². The van der Waals surface area contributed by atoms with Gasteiger partial charge in [-0.25, -0.2) is 14.8 Å². The van der Waals surface area contributed by atoms with E-state index in [1.54, 1.807) is 7.05 Å². The van der Waals surface area contributed by atoms with Crippen LogP contribution in [0.4, 0.5) is 0 Å². The Morgan fingerprint density at radius 2 is 1.56 bits per heavy atom. The Balaban J connectivity index is 1.87. The molecule has 2 aromatic heterocycles. The molecule has 0 spiro atoms. The van der Waals surface area contributed by atoms with Crippen molar-refractivity contribution in [3.63, 3.8) is 0 Å². The van der Waals surface area contributed by atoms with Gasteiger partial charge in [0.2, 0.25) is 0 Å². The van der Waals surface area contributed by atoms with Gasteiger partial charge in [-0.3, -0.25) is 13.9 Å². The van der Waals surface area contributed by atoms with Gasteiger partial charge in [-0.15, -0.1) is 0 Å². The molecule has 2 aromatic carbocycles. The molecule has 34 heavy (non-hydrogen) atoms. The monoisotopic (exact) mass is 451 g/mol. The fraction of sp³-hybridized carbons (Fsp3) is 0.185. The number of hydrogen-bond donors (Lipinski definition) is 0. The summed E-state index contributed by atoms with van der Waals surface area (Å²) in [5.74, 6) is 0. The lowest BCUT2D eigenvalue weighted by molar-refractivity contribution is 0.545. The molecule has 5 rings (SSSR count). The molecule has 3 heterocycles. The molecule has 170 valence electrons. The highest BCUT2D eigenvalue weighted by Crippen LogP contribution is 2.38. The molecular weight excluding hydrogens is 426 g/mol. The Morgan fingerprint density at radius 1 is 0.882 bits per heavy atom. The topological polar surface area (TPSA) is 73.0 Å². The normalized spacial score (nSPS) is 14.4. The number of rotatable bonds is 4. The molecule has 0 atom stereocenters. The van der Waals surface area contributed by atoms with Gasteiger partial charge in [0, 0.05) is 20.6 Å². The third-order valence-corrected chi connectivity index (χ3v) is 6.02. The van der Waals surface area contributed by atoms with Crippen LogP contribution in [-0.4, -0.2) is 30.5 Å². The molecule has 0 radical (unpaired) electrons. The lowest BCUT2D eigenvalue weighted by atomic mass is 10.00. The Bertz CT molecular complexity index is 1560. The molecule has 0 N–H and O–H groups in total. The van der Waals surface area contributed by atoms with E-state index < -0.39 is 11.2 Å². The van der Waals surface area contributed by atoms with E-state index in [4.69, 9.17) is 9.97 Å². The van der Waals surface area contributed by atoms with Crippen LogP contribution >= 0.6 is 0 Å². The van der Waals surface area contributed by atoms with Crippen LogP contribution in [0.25, 0.3) is 34.7 Å². The second kappa shape index (κ2) is 8.59. The molecule has 0 bridgehead atoms. The second-order valence-corrected chi connectivity index (χ2v) is 8.32. The smallest absolute Gasteiger partial charge is 0.332 e. The fourth-order valence-corrected chi connectivity index (χ4v) is 4.30. The molecule has 0 amide bonds. The maximum absolute atomic E-state index is 12.9. The highest BCUT2D eigenvalue weighted by molar-refractivity contribution is 5.97. The van der Waals surface area contributed by atoms with Crippen LogP contribution in [0.5, 0.6) is 0 Å². The average Bonchev–Trinajstić information content (AvgIpc) is 2.87. The van der Waals surface area contributed by atoms with E-state index in [0.717, 1.165) is 40.1 Å². The van der Waals surface area contributed by atoms with E-state index in [1.165, 1.54) is 11.6 Å². The molecule has 0 aliphatic carbocycles. The molecule has 0 unspecified atom stereocenters. The molecule has 1 aliphatic rings. The molecule has 4 aromatic rings. The minimum Gasteiger partial charge on any atom is -0.339 e. The van der Waals surface area contributed by atoms with E-state index >= 15 is 0 Å². The first-order valence-electron chi connectivity index (χ1n) is 11.3. The summed E-state index contributed by atoms with van der Waals surface area (Å²) in [4.78, 5) is 37.3. The van der Waals surface area contributed by atoms with E-state index in [-0.39, 0.29) is 11.2 Å². The van der Waals surface area contributed by atoms with Crippen LogP contribution in [0.2, 0.25) is 0 Å². The fourth-order valence-electron chi connectivity index (χ4n) is 4.30. The van der Waals surface area contributed by atoms with Crippen molar-refractivity contribution in [2.45, 2.75) is 13.3 Å². The van der Waals surface area contributed by atoms with Crippen LogP contribution in [0.1, 0.15) is 35.9 Å². The minimum absolute atomic E-state index is 0.176. The van der Waals surface area contributed by atoms with E-state index in [1.807, 2.05) is 54.6 Å². The van der Waals surface area contributed by atoms with E-state index in [2.05, 4.69) is 30.0 Å². The van der Waals surface area contributed by atoms with Gasteiger partial charge in [-0.05, 0) is 29.7 Å². The number of nitrogens with zero attached hydrogens (tertiary/aromatic N) is 5. The summed E-state index contributed by atoms with van der Waals surface area (Å²) < 4.78 is 2.45. The first-order valence-corrected chi connectivity index (χ1v) is 11.3. The van der Waals surface area contributed by atoms with Crippen LogP contribution < -0.4 is 11.2 Å². The van der Waals surface area contributed by atoms with Gasteiger partial charge < -0.3 is 4.90 Å². The van der Waals surface area contributed by atoms with Crippen molar-refractivity contribution in [2.75, 3.05) is 6.54 Å². The molecule has 0 fully saturated rings. The highest BCUT2D eigenvalue weighted by Gasteiger charge is 2.28. The average molecular weight is 452 g/mol. The molecular formula is C27H25N5O2. The predicted molar refractivity (Wildman–Crippen MR) is 136 cm³/mol. The molecule has 0 saturated heterocycles. The second-order valence-electron chi connectivity index (χ2n) is 8.32. The van der Waals surface area contributed by atoms with E-state index in [0.29, 0.717) is 11.4 Å². The zero-order valence-corrected chi connectivity index (χ0v) is 19.4. The zero-order valence-electron chi connectivity index (χ0n) is 19.4. The summed E-state index contributed by atoms with van der Waals surface area (Å²) >= 11 is 0. The summed E-state index contributed by atoms with van der Waals surface area (Å²) in [6.45, 7) is 2.90. The van der Waals surface area contributed by atoms with Gasteiger partial charge in [0.1, 0.15) is 5.69 Å². The summed E-state index contributed by atoms with van der Waals surface area (Å²) in [5.41, 5.74) is 4.77. The lowest BCUT2D eigenvalue weighted by Crippen LogP contribution is -2.38. The molecule has 7 nitrogen and oxygen atoms in total. The van der Waals surface area contributed by atoms with Crippen molar-refractivity contribution in [3.8, 4) is 0 Å². The molecule has 7 heteroatoms.